The van der Waals surface area contributed by atoms with E-state index < -0.39 is 5.97 Å². The first-order valence-corrected chi connectivity index (χ1v) is 6.97. The largest absolute Gasteiger partial charge is 0.462 e. The van der Waals surface area contributed by atoms with Gasteiger partial charge in [-0.2, -0.15) is 5.26 Å². The van der Waals surface area contributed by atoms with Crippen molar-refractivity contribution in [1.82, 2.24) is 0 Å². The van der Waals surface area contributed by atoms with E-state index in [4.69, 9.17) is 10.00 Å². The van der Waals surface area contributed by atoms with Gasteiger partial charge in [-0.1, -0.05) is 51.5 Å². The summed E-state index contributed by atoms with van der Waals surface area (Å²) in [6.07, 6.45) is 3.33. The number of nitriles is 1. The van der Waals surface area contributed by atoms with Gasteiger partial charge in [0, 0.05) is 0 Å². The van der Waals surface area contributed by atoms with Crippen LogP contribution in [0.5, 0.6) is 0 Å². The number of esters is 1. The van der Waals surface area contributed by atoms with Crippen LogP contribution in [0.15, 0.2) is 29.8 Å². The fraction of sp³-hybridized carbons (Fsp3) is 0.412. The third kappa shape index (κ3) is 4.89. The number of rotatable bonds is 6. The molecular weight excluding hydrogens is 250 g/mol. The van der Waals surface area contributed by atoms with Crippen molar-refractivity contribution < 1.29 is 9.53 Å². The van der Waals surface area contributed by atoms with Gasteiger partial charge in [0.2, 0.25) is 0 Å². The van der Waals surface area contributed by atoms with Crippen LogP contribution in [-0.2, 0) is 9.53 Å². The number of carbonyl (C=O) groups is 1. The van der Waals surface area contributed by atoms with Crippen molar-refractivity contribution in [1.29, 1.82) is 5.26 Å². The lowest BCUT2D eigenvalue weighted by Crippen LogP contribution is -2.07. The summed E-state index contributed by atoms with van der Waals surface area (Å²) >= 11 is 0. The quantitative estimate of drug-likeness (QED) is 0.339. The van der Waals surface area contributed by atoms with Crippen LogP contribution in [0.1, 0.15) is 50.7 Å². The molecule has 3 nitrogen and oxygen atoms in total. The molecule has 0 amide bonds. The van der Waals surface area contributed by atoms with E-state index in [1.54, 1.807) is 6.08 Å². The minimum atomic E-state index is -0.547. The molecule has 0 bridgehead atoms. The first-order valence-electron chi connectivity index (χ1n) is 6.97. The molecule has 1 rings (SSSR count). The third-order valence-electron chi connectivity index (χ3n) is 2.99. The Morgan fingerprint density at radius 2 is 2.00 bits per heavy atom. The maximum atomic E-state index is 11.7. The second kappa shape index (κ2) is 8.16. The molecule has 0 radical (unpaired) electrons. The Kier molecular flexibility index (Phi) is 6.52. The Morgan fingerprint density at radius 1 is 1.35 bits per heavy atom. The highest BCUT2D eigenvalue weighted by atomic mass is 16.5. The zero-order valence-electron chi connectivity index (χ0n) is 12.3. The number of nitrogens with zero attached hydrogens (tertiary/aromatic N) is 1. The molecule has 0 N–H and O–H groups in total. The third-order valence-corrected chi connectivity index (χ3v) is 2.99. The summed E-state index contributed by atoms with van der Waals surface area (Å²) in [7, 11) is 0. The highest BCUT2D eigenvalue weighted by Gasteiger charge is 2.10. The fourth-order valence-corrected chi connectivity index (χ4v) is 1.67. The van der Waals surface area contributed by atoms with Gasteiger partial charge in [0.15, 0.2) is 0 Å². The predicted octanol–water partition coefficient (Wildman–Crippen LogP) is 4.06. The number of ether oxygens (including phenoxy) is 1. The van der Waals surface area contributed by atoms with Crippen molar-refractivity contribution in [2.24, 2.45) is 0 Å². The first-order chi connectivity index (χ1) is 9.58. The molecule has 0 aromatic heterocycles. The van der Waals surface area contributed by atoms with Gasteiger partial charge in [0.25, 0.3) is 0 Å². The summed E-state index contributed by atoms with van der Waals surface area (Å²) in [5.41, 5.74) is 2.10. The van der Waals surface area contributed by atoms with Crippen molar-refractivity contribution in [3.05, 3.63) is 41.0 Å². The van der Waals surface area contributed by atoms with Crippen LogP contribution in [-0.4, -0.2) is 12.6 Å². The standard InChI is InChI=1S/C17H21NO2/c1-4-5-10-20-17(19)16(12-18)11-14-6-8-15(9-7-14)13(2)3/h6-9,11,13H,4-5,10H2,1-3H3. The van der Waals surface area contributed by atoms with Gasteiger partial charge in [0.05, 0.1) is 6.61 Å². The molecule has 0 saturated carbocycles. The van der Waals surface area contributed by atoms with Crippen LogP contribution < -0.4 is 0 Å². The lowest BCUT2D eigenvalue weighted by Gasteiger charge is -2.05. The Balaban J connectivity index is 2.78. The van der Waals surface area contributed by atoms with Gasteiger partial charge in [-0.3, -0.25) is 0 Å². The SMILES string of the molecule is CCCCOC(=O)C(C#N)=Cc1ccc(C(C)C)cc1. The monoisotopic (exact) mass is 271 g/mol. The number of carbonyl (C=O) groups excluding carboxylic acids is 1. The molecule has 1 aromatic carbocycles. The average molecular weight is 271 g/mol. The fourth-order valence-electron chi connectivity index (χ4n) is 1.67. The lowest BCUT2D eigenvalue weighted by molar-refractivity contribution is -0.138. The molecule has 20 heavy (non-hydrogen) atoms. The van der Waals surface area contributed by atoms with Gasteiger partial charge >= 0.3 is 5.97 Å². The summed E-state index contributed by atoms with van der Waals surface area (Å²) < 4.78 is 5.04. The molecular formula is C17H21NO2. The summed E-state index contributed by atoms with van der Waals surface area (Å²) in [5.74, 6) is -0.0867. The van der Waals surface area contributed by atoms with Crippen LogP contribution in [0.2, 0.25) is 0 Å². The lowest BCUT2D eigenvalue weighted by atomic mass is 10.0. The van der Waals surface area contributed by atoms with E-state index in [0.717, 1.165) is 18.4 Å². The number of unbranched alkanes of at least 4 members (excludes halogenated alkanes) is 1. The van der Waals surface area contributed by atoms with E-state index in [1.807, 2.05) is 37.3 Å². The number of hydrogen-bond acceptors (Lipinski definition) is 3. The maximum Gasteiger partial charge on any atom is 0.348 e. The number of benzene rings is 1. The Labute approximate surface area is 120 Å². The zero-order chi connectivity index (χ0) is 15.0. The van der Waals surface area contributed by atoms with Crippen LogP contribution in [0.4, 0.5) is 0 Å². The van der Waals surface area contributed by atoms with Crippen molar-refractivity contribution in [2.45, 2.75) is 39.5 Å². The van der Waals surface area contributed by atoms with Crippen LogP contribution >= 0.6 is 0 Å². The molecule has 0 heterocycles. The molecule has 0 aliphatic heterocycles. The van der Waals surface area contributed by atoms with Crippen molar-refractivity contribution >= 4 is 12.0 Å². The second-order valence-corrected chi connectivity index (χ2v) is 4.98. The average Bonchev–Trinajstić information content (AvgIpc) is 2.45. The summed E-state index contributed by atoms with van der Waals surface area (Å²) in [5, 5.41) is 9.04. The van der Waals surface area contributed by atoms with Crippen LogP contribution in [0.3, 0.4) is 0 Å². The minimum Gasteiger partial charge on any atom is -0.462 e. The van der Waals surface area contributed by atoms with Crippen molar-refractivity contribution in [3.63, 3.8) is 0 Å². The molecule has 1 aromatic rings. The van der Waals surface area contributed by atoms with E-state index in [1.165, 1.54) is 5.56 Å². The van der Waals surface area contributed by atoms with Gasteiger partial charge in [-0.25, -0.2) is 4.79 Å². The Bertz CT molecular complexity index is 507. The molecule has 0 fully saturated rings. The highest BCUT2D eigenvalue weighted by molar-refractivity contribution is 5.97. The summed E-state index contributed by atoms with van der Waals surface area (Å²) in [6.45, 7) is 6.62. The topological polar surface area (TPSA) is 50.1 Å². The van der Waals surface area contributed by atoms with Gasteiger partial charge in [0.1, 0.15) is 11.6 Å². The van der Waals surface area contributed by atoms with E-state index in [9.17, 15) is 4.79 Å². The van der Waals surface area contributed by atoms with Crippen LogP contribution in [0.25, 0.3) is 6.08 Å². The number of hydrogen-bond donors (Lipinski definition) is 0. The smallest absolute Gasteiger partial charge is 0.348 e. The van der Waals surface area contributed by atoms with Gasteiger partial charge in [-0.05, 0) is 29.5 Å². The van der Waals surface area contributed by atoms with E-state index in [0.29, 0.717) is 12.5 Å². The van der Waals surface area contributed by atoms with Crippen molar-refractivity contribution in [3.8, 4) is 6.07 Å². The highest BCUT2D eigenvalue weighted by Crippen LogP contribution is 2.16. The molecule has 0 atom stereocenters. The normalized spacial score (nSPS) is 11.2. The van der Waals surface area contributed by atoms with E-state index in [-0.39, 0.29) is 5.57 Å². The molecule has 0 unspecified atom stereocenters. The molecule has 0 aliphatic rings. The molecule has 0 saturated heterocycles. The molecule has 0 spiro atoms. The Hall–Kier alpha value is -2.08. The second-order valence-electron chi connectivity index (χ2n) is 4.98. The summed E-state index contributed by atoms with van der Waals surface area (Å²) in [4.78, 5) is 11.7. The predicted molar refractivity (Wildman–Crippen MR) is 80.0 cm³/mol. The van der Waals surface area contributed by atoms with Gasteiger partial charge in [-0.15, -0.1) is 0 Å². The maximum absolute atomic E-state index is 11.7. The van der Waals surface area contributed by atoms with Crippen molar-refractivity contribution in [2.75, 3.05) is 6.61 Å². The first kappa shape index (κ1) is 16.0. The minimum absolute atomic E-state index is 0.0402. The van der Waals surface area contributed by atoms with Crippen LogP contribution in [0, 0.1) is 11.3 Å². The summed E-state index contributed by atoms with van der Waals surface area (Å²) in [6, 6.07) is 9.73. The Morgan fingerprint density at radius 3 is 2.50 bits per heavy atom. The molecule has 0 aliphatic carbocycles. The van der Waals surface area contributed by atoms with Gasteiger partial charge < -0.3 is 4.74 Å². The van der Waals surface area contributed by atoms with E-state index in [2.05, 4.69) is 13.8 Å². The van der Waals surface area contributed by atoms with E-state index >= 15 is 0 Å². The zero-order valence-corrected chi connectivity index (χ0v) is 12.3. The molecule has 3 heteroatoms. The molecule has 106 valence electrons.